The van der Waals surface area contributed by atoms with E-state index in [2.05, 4.69) is 15.0 Å². The molecule has 146 valence electrons. The second-order valence-corrected chi connectivity index (χ2v) is 8.82. The molecule has 1 aromatic carbocycles. The van der Waals surface area contributed by atoms with Gasteiger partial charge in [0, 0.05) is 19.7 Å². The van der Waals surface area contributed by atoms with Crippen molar-refractivity contribution in [1.29, 1.82) is 0 Å². The fourth-order valence-electron chi connectivity index (χ4n) is 2.60. The van der Waals surface area contributed by atoms with Crippen LogP contribution >= 0.6 is 0 Å². The molecule has 1 heterocycles. The number of rotatable bonds is 6. The van der Waals surface area contributed by atoms with E-state index in [1.165, 1.54) is 26.3 Å². The Labute approximate surface area is 160 Å². The Morgan fingerprint density at radius 1 is 1.22 bits per heavy atom. The van der Waals surface area contributed by atoms with Gasteiger partial charge in [0.05, 0.1) is 19.0 Å². The van der Waals surface area contributed by atoms with E-state index in [1.54, 1.807) is 24.4 Å². The first-order valence-electron chi connectivity index (χ1n) is 8.43. The number of ether oxygens (including phenoxy) is 1. The van der Waals surface area contributed by atoms with Gasteiger partial charge in [0.2, 0.25) is 5.91 Å². The highest BCUT2D eigenvalue weighted by Gasteiger charge is 2.24. The first-order valence-corrected chi connectivity index (χ1v) is 9.91. The van der Waals surface area contributed by atoms with Crippen LogP contribution in [0.15, 0.2) is 41.6 Å². The molecule has 0 aliphatic heterocycles. The van der Waals surface area contributed by atoms with Gasteiger partial charge in [-0.2, -0.15) is 0 Å². The Morgan fingerprint density at radius 3 is 2.52 bits per heavy atom. The molecule has 7 nitrogen and oxygen atoms in total. The number of carbonyl (C=O) groups is 1. The van der Waals surface area contributed by atoms with Gasteiger partial charge in [-0.05, 0) is 34.7 Å². The zero-order valence-electron chi connectivity index (χ0n) is 16.2. The number of anilines is 1. The molecular weight excluding hydrogens is 366 g/mol. The molecule has 0 bridgehead atoms. The summed E-state index contributed by atoms with van der Waals surface area (Å²) in [6.45, 7) is 7.61. The third-order valence-electron chi connectivity index (χ3n) is 3.93. The standard InChI is InChI=1S/C19H25N3O4S/c1-13(23)21-11-14-6-7-17(26-5)18(10-14)27(24,25)22-16-12-20-9-8-15(16)19(2,3)4/h6-10,12,22H,11H2,1-5H3,(H,21,23). The maximum absolute atomic E-state index is 13.0. The Bertz CT molecular complexity index is 934. The lowest BCUT2D eigenvalue weighted by Gasteiger charge is -2.23. The molecule has 0 spiro atoms. The summed E-state index contributed by atoms with van der Waals surface area (Å²) in [6, 6.07) is 6.56. The van der Waals surface area contributed by atoms with Crippen LogP contribution in [0.1, 0.15) is 38.8 Å². The minimum Gasteiger partial charge on any atom is -0.495 e. The van der Waals surface area contributed by atoms with Gasteiger partial charge >= 0.3 is 0 Å². The van der Waals surface area contributed by atoms with Crippen LogP contribution in [0, 0.1) is 0 Å². The first kappa shape index (κ1) is 20.7. The highest BCUT2D eigenvalue weighted by molar-refractivity contribution is 7.92. The van der Waals surface area contributed by atoms with Gasteiger partial charge < -0.3 is 10.1 Å². The molecule has 0 fully saturated rings. The zero-order valence-corrected chi connectivity index (χ0v) is 17.0. The Morgan fingerprint density at radius 2 is 1.93 bits per heavy atom. The van der Waals surface area contributed by atoms with E-state index in [1.807, 2.05) is 20.8 Å². The van der Waals surface area contributed by atoms with Gasteiger partial charge in [-0.3, -0.25) is 14.5 Å². The predicted molar refractivity (Wildman–Crippen MR) is 104 cm³/mol. The van der Waals surface area contributed by atoms with Crippen molar-refractivity contribution in [2.24, 2.45) is 0 Å². The van der Waals surface area contributed by atoms with E-state index in [-0.39, 0.29) is 28.5 Å². The molecular formula is C19H25N3O4S. The summed E-state index contributed by atoms with van der Waals surface area (Å²) < 4.78 is 33.9. The molecule has 2 aromatic rings. The van der Waals surface area contributed by atoms with E-state index in [4.69, 9.17) is 4.74 Å². The first-order chi connectivity index (χ1) is 12.5. The molecule has 0 aliphatic rings. The highest BCUT2D eigenvalue weighted by Crippen LogP contribution is 2.32. The summed E-state index contributed by atoms with van der Waals surface area (Å²) in [5.74, 6) is 0.0220. The van der Waals surface area contributed by atoms with E-state index < -0.39 is 10.0 Å². The molecule has 8 heteroatoms. The lowest BCUT2D eigenvalue weighted by atomic mass is 9.87. The van der Waals surface area contributed by atoms with Gasteiger partial charge in [-0.15, -0.1) is 0 Å². The number of hydrogen-bond donors (Lipinski definition) is 2. The number of aromatic nitrogens is 1. The Balaban J connectivity index is 2.45. The number of methoxy groups -OCH3 is 1. The largest absolute Gasteiger partial charge is 0.495 e. The number of nitrogens with one attached hydrogen (secondary N) is 2. The summed E-state index contributed by atoms with van der Waals surface area (Å²) >= 11 is 0. The monoisotopic (exact) mass is 391 g/mol. The van der Waals surface area contributed by atoms with Gasteiger partial charge in [-0.25, -0.2) is 8.42 Å². The van der Waals surface area contributed by atoms with Crippen LogP contribution in [0.3, 0.4) is 0 Å². The molecule has 0 saturated heterocycles. The summed E-state index contributed by atoms with van der Waals surface area (Å²) in [5.41, 5.74) is 1.63. The number of pyridine rings is 1. The third-order valence-corrected chi connectivity index (χ3v) is 5.32. The second-order valence-electron chi connectivity index (χ2n) is 7.17. The molecule has 2 N–H and O–H groups in total. The van der Waals surface area contributed by atoms with Crippen molar-refractivity contribution < 1.29 is 17.9 Å². The molecule has 27 heavy (non-hydrogen) atoms. The molecule has 2 rings (SSSR count). The van der Waals surface area contributed by atoms with Gasteiger partial charge in [0.1, 0.15) is 10.6 Å². The normalized spacial score (nSPS) is 11.7. The van der Waals surface area contributed by atoms with Crippen molar-refractivity contribution in [3.63, 3.8) is 0 Å². The van der Waals surface area contributed by atoms with Crippen molar-refractivity contribution in [3.05, 3.63) is 47.8 Å². The molecule has 0 unspecified atom stereocenters. The van der Waals surface area contributed by atoms with Crippen molar-refractivity contribution in [1.82, 2.24) is 10.3 Å². The maximum atomic E-state index is 13.0. The summed E-state index contributed by atoms with van der Waals surface area (Å²) in [7, 11) is -2.52. The van der Waals surface area contributed by atoms with Crippen molar-refractivity contribution >= 4 is 21.6 Å². The lowest BCUT2D eigenvalue weighted by molar-refractivity contribution is -0.119. The minimum atomic E-state index is -3.93. The average Bonchev–Trinajstić information content (AvgIpc) is 2.59. The highest BCUT2D eigenvalue weighted by atomic mass is 32.2. The van der Waals surface area contributed by atoms with Gasteiger partial charge in [-0.1, -0.05) is 26.8 Å². The number of sulfonamides is 1. The topological polar surface area (TPSA) is 97.4 Å². The quantitative estimate of drug-likeness (QED) is 0.789. The smallest absolute Gasteiger partial charge is 0.265 e. The van der Waals surface area contributed by atoms with E-state index in [0.717, 1.165) is 5.56 Å². The van der Waals surface area contributed by atoms with Crippen LogP contribution in [0.5, 0.6) is 5.75 Å². The Hall–Kier alpha value is -2.61. The van der Waals surface area contributed by atoms with Crippen LogP contribution in [0.25, 0.3) is 0 Å². The fourth-order valence-corrected chi connectivity index (χ4v) is 3.88. The van der Waals surface area contributed by atoms with Crippen LogP contribution in [-0.2, 0) is 26.8 Å². The van der Waals surface area contributed by atoms with Gasteiger partial charge in [0.25, 0.3) is 10.0 Å². The average molecular weight is 391 g/mol. The number of nitrogens with zero attached hydrogens (tertiary/aromatic N) is 1. The molecule has 0 aliphatic carbocycles. The lowest BCUT2D eigenvalue weighted by Crippen LogP contribution is -2.21. The van der Waals surface area contributed by atoms with Crippen LogP contribution in [0.4, 0.5) is 5.69 Å². The SMILES string of the molecule is COc1ccc(CNC(C)=O)cc1S(=O)(=O)Nc1cnccc1C(C)(C)C. The molecule has 0 radical (unpaired) electrons. The number of carbonyl (C=O) groups excluding carboxylic acids is 1. The number of hydrogen-bond acceptors (Lipinski definition) is 5. The third kappa shape index (κ3) is 5.19. The van der Waals surface area contributed by atoms with Crippen molar-refractivity contribution in [2.75, 3.05) is 11.8 Å². The van der Waals surface area contributed by atoms with Crippen LogP contribution in [-0.4, -0.2) is 26.4 Å². The molecule has 1 amide bonds. The maximum Gasteiger partial charge on any atom is 0.265 e. The Kier molecular flexibility index (Phi) is 6.10. The summed E-state index contributed by atoms with van der Waals surface area (Å²) in [5, 5.41) is 2.65. The van der Waals surface area contributed by atoms with E-state index in [9.17, 15) is 13.2 Å². The molecule has 0 saturated carbocycles. The minimum absolute atomic E-state index is 0.00318. The predicted octanol–water partition coefficient (Wildman–Crippen LogP) is 2.82. The van der Waals surface area contributed by atoms with Crippen molar-refractivity contribution in [3.8, 4) is 5.75 Å². The second kappa shape index (κ2) is 7.96. The molecule has 1 aromatic heterocycles. The zero-order chi connectivity index (χ0) is 20.2. The number of benzene rings is 1. The molecule has 0 atom stereocenters. The van der Waals surface area contributed by atoms with Crippen molar-refractivity contribution in [2.45, 2.75) is 44.6 Å². The van der Waals surface area contributed by atoms with Gasteiger partial charge in [0.15, 0.2) is 0 Å². The van der Waals surface area contributed by atoms with E-state index >= 15 is 0 Å². The summed E-state index contributed by atoms with van der Waals surface area (Å²) in [6.07, 6.45) is 3.12. The number of amides is 1. The fraction of sp³-hybridized carbons (Fsp3) is 0.368. The van der Waals surface area contributed by atoms with Crippen LogP contribution < -0.4 is 14.8 Å². The van der Waals surface area contributed by atoms with E-state index in [0.29, 0.717) is 11.3 Å². The summed E-state index contributed by atoms with van der Waals surface area (Å²) in [4.78, 5) is 15.2. The van der Waals surface area contributed by atoms with Crippen LogP contribution in [0.2, 0.25) is 0 Å².